The maximum atomic E-state index is 14.1. The van der Waals surface area contributed by atoms with Crippen LogP contribution in [0.25, 0.3) is 11.0 Å². The molecule has 2 aromatic heterocycles. The predicted octanol–water partition coefficient (Wildman–Crippen LogP) is 5.59. The average molecular weight is 439 g/mol. The third-order valence-electron chi connectivity index (χ3n) is 4.87. The summed E-state index contributed by atoms with van der Waals surface area (Å²) in [7, 11) is 0. The van der Waals surface area contributed by atoms with Crippen molar-refractivity contribution < 1.29 is 13.6 Å². The Labute approximate surface area is 182 Å². The number of amides is 1. The molecule has 0 aliphatic heterocycles. The molecule has 4 aromatic rings. The number of hydrogen-bond donors (Lipinski definition) is 1. The smallest absolute Gasteiger partial charge is 0.247 e. The number of para-hydroxylation sites is 1. The number of pyridine rings is 1. The normalized spacial score (nSPS) is 12.1. The van der Waals surface area contributed by atoms with Gasteiger partial charge >= 0.3 is 0 Å². The highest BCUT2D eigenvalue weighted by molar-refractivity contribution is 7.98. The second-order valence-electron chi connectivity index (χ2n) is 6.94. The Kier molecular flexibility index (Phi) is 6.27. The number of benzene rings is 2. The first-order chi connectivity index (χ1) is 15.1. The van der Waals surface area contributed by atoms with Crippen molar-refractivity contribution in [2.45, 2.75) is 30.3 Å². The van der Waals surface area contributed by atoms with Gasteiger partial charge in [0, 0.05) is 11.9 Å². The lowest BCUT2D eigenvalue weighted by Crippen LogP contribution is -2.26. The first-order valence-corrected chi connectivity index (χ1v) is 10.8. The maximum absolute atomic E-state index is 14.1. The van der Waals surface area contributed by atoms with Crippen molar-refractivity contribution in [3.8, 4) is 0 Å². The Balaban J connectivity index is 1.66. The molecule has 0 saturated heterocycles. The largest absolute Gasteiger partial charge is 0.322 e. The lowest BCUT2D eigenvalue weighted by atomic mass is 10.2. The zero-order valence-corrected chi connectivity index (χ0v) is 17.6. The van der Waals surface area contributed by atoms with E-state index >= 15 is 0 Å². The number of fused-ring (bicyclic) bond motifs is 1. The quantitative estimate of drug-likeness (QED) is 0.382. The van der Waals surface area contributed by atoms with E-state index in [-0.39, 0.29) is 17.4 Å². The number of nitrogens with one attached hydrogen (secondary N) is 1. The van der Waals surface area contributed by atoms with Crippen molar-refractivity contribution in [1.82, 2.24) is 14.5 Å². The van der Waals surface area contributed by atoms with E-state index in [4.69, 9.17) is 0 Å². The molecular weight excluding hydrogens is 418 g/mol. The molecule has 1 atom stereocenters. The van der Waals surface area contributed by atoms with Crippen LogP contribution in [0.15, 0.2) is 72.1 Å². The van der Waals surface area contributed by atoms with Crippen LogP contribution >= 0.6 is 11.8 Å². The SMILES string of the molecule is CCC(C(=O)Nc1ccccc1F)n1c(SCc2ccc(F)cc2)nc2ccncc21. The molecule has 0 bridgehead atoms. The van der Waals surface area contributed by atoms with E-state index in [0.29, 0.717) is 22.8 Å². The van der Waals surface area contributed by atoms with Crippen LogP contribution in [0.5, 0.6) is 0 Å². The molecule has 0 aliphatic rings. The summed E-state index contributed by atoms with van der Waals surface area (Å²) in [6, 6.07) is 13.5. The van der Waals surface area contributed by atoms with Gasteiger partial charge in [-0.15, -0.1) is 0 Å². The van der Waals surface area contributed by atoms with Crippen molar-refractivity contribution >= 4 is 34.4 Å². The van der Waals surface area contributed by atoms with E-state index in [2.05, 4.69) is 15.3 Å². The van der Waals surface area contributed by atoms with E-state index in [0.717, 1.165) is 11.1 Å². The second-order valence-corrected chi connectivity index (χ2v) is 7.88. The third kappa shape index (κ3) is 4.59. The number of anilines is 1. The van der Waals surface area contributed by atoms with Gasteiger partial charge in [-0.3, -0.25) is 9.78 Å². The maximum Gasteiger partial charge on any atom is 0.247 e. The molecule has 4 rings (SSSR count). The molecule has 2 heterocycles. The third-order valence-corrected chi connectivity index (χ3v) is 5.90. The highest BCUT2D eigenvalue weighted by Crippen LogP contribution is 2.31. The van der Waals surface area contributed by atoms with Crippen molar-refractivity contribution in [3.05, 3.63) is 84.2 Å². The van der Waals surface area contributed by atoms with Crippen molar-refractivity contribution in [2.75, 3.05) is 5.32 Å². The molecule has 0 saturated carbocycles. The van der Waals surface area contributed by atoms with Crippen LogP contribution in [-0.2, 0) is 10.5 Å². The lowest BCUT2D eigenvalue weighted by molar-refractivity contribution is -0.119. The van der Waals surface area contributed by atoms with Crippen LogP contribution in [0.2, 0.25) is 0 Å². The second kappa shape index (κ2) is 9.26. The zero-order valence-electron chi connectivity index (χ0n) is 16.8. The summed E-state index contributed by atoms with van der Waals surface area (Å²) >= 11 is 1.45. The number of imidazole rings is 1. The Bertz CT molecular complexity index is 1210. The van der Waals surface area contributed by atoms with Gasteiger partial charge in [0.1, 0.15) is 17.7 Å². The van der Waals surface area contributed by atoms with Crippen LogP contribution in [0.4, 0.5) is 14.5 Å². The van der Waals surface area contributed by atoms with Crippen LogP contribution < -0.4 is 5.32 Å². The summed E-state index contributed by atoms with van der Waals surface area (Å²) < 4.78 is 29.1. The molecule has 1 amide bonds. The summed E-state index contributed by atoms with van der Waals surface area (Å²) in [5.74, 6) is -0.557. The topological polar surface area (TPSA) is 59.8 Å². The van der Waals surface area contributed by atoms with E-state index in [1.807, 2.05) is 11.5 Å². The minimum absolute atomic E-state index is 0.133. The summed E-state index contributed by atoms with van der Waals surface area (Å²) in [4.78, 5) is 22.0. The summed E-state index contributed by atoms with van der Waals surface area (Å²) in [5.41, 5.74) is 2.51. The highest BCUT2D eigenvalue weighted by atomic mass is 32.2. The molecule has 0 radical (unpaired) electrons. The first kappa shape index (κ1) is 21.0. The number of aromatic nitrogens is 3. The molecule has 5 nitrogen and oxygen atoms in total. The van der Waals surface area contributed by atoms with Gasteiger partial charge in [-0.25, -0.2) is 13.8 Å². The zero-order chi connectivity index (χ0) is 21.8. The number of rotatable bonds is 7. The standard InChI is InChI=1S/C23H20F2N4OS/c1-2-20(22(30)27-18-6-4-3-5-17(18)25)29-21-13-26-12-11-19(21)28-23(29)31-14-15-7-9-16(24)10-8-15/h3-13,20H,2,14H2,1H3,(H,27,30). The van der Waals surface area contributed by atoms with E-state index in [1.165, 1.54) is 36.0 Å². The van der Waals surface area contributed by atoms with Crippen molar-refractivity contribution in [1.29, 1.82) is 0 Å². The number of thioether (sulfide) groups is 1. The van der Waals surface area contributed by atoms with Gasteiger partial charge in [-0.05, 0) is 42.3 Å². The fourth-order valence-electron chi connectivity index (χ4n) is 3.31. The van der Waals surface area contributed by atoms with Gasteiger partial charge in [-0.2, -0.15) is 0 Å². The van der Waals surface area contributed by atoms with E-state index in [1.54, 1.807) is 42.7 Å². The average Bonchev–Trinajstić information content (AvgIpc) is 3.14. The fraction of sp³-hybridized carbons (Fsp3) is 0.174. The molecule has 0 fully saturated rings. The monoisotopic (exact) mass is 438 g/mol. The van der Waals surface area contributed by atoms with Gasteiger partial charge in [0.25, 0.3) is 0 Å². The first-order valence-electron chi connectivity index (χ1n) is 9.81. The number of carbonyl (C=O) groups excluding carboxylic acids is 1. The molecule has 1 N–H and O–H groups in total. The molecular formula is C23H20F2N4OS. The molecule has 0 aliphatic carbocycles. The number of nitrogens with zero attached hydrogens (tertiary/aromatic N) is 3. The Morgan fingerprint density at radius 2 is 1.90 bits per heavy atom. The predicted molar refractivity (Wildman–Crippen MR) is 118 cm³/mol. The Hall–Kier alpha value is -3.26. The lowest BCUT2D eigenvalue weighted by Gasteiger charge is -2.20. The van der Waals surface area contributed by atoms with Gasteiger partial charge in [-0.1, -0.05) is 43.0 Å². The minimum atomic E-state index is -0.607. The molecule has 158 valence electrons. The number of hydrogen-bond acceptors (Lipinski definition) is 4. The number of halogens is 2. The minimum Gasteiger partial charge on any atom is -0.322 e. The fourth-order valence-corrected chi connectivity index (χ4v) is 4.33. The summed E-state index contributed by atoms with van der Waals surface area (Å²) in [6.45, 7) is 1.89. The Morgan fingerprint density at radius 3 is 2.65 bits per heavy atom. The summed E-state index contributed by atoms with van der Waals surface area (Å²) in [6.07, 6.45) is 3.79. The van der Waals surface area contributed by atoms with Crippen LogP contribution in [0, 0.1) is 11.6 Å². The van der Waals surface area contributed by atoms with Crippen LogP contribution in [0.1, 0.15) is 24.9 Å². The van der Waals surface area contributed by atoms with Crippen molar-refractivity contribution in [3.63, 3.8) is 0 Å². The summed E-state index contributed by atoms with van der Waals surface area (Å²) in [5, 5.41) is 3.33. The van der Waals surface area contributed by atoms with Gasteiger partial charge in [0.05, 0.1) is 22.9 Å². The number of carbonyl (C=O) groups is 1. The molecule has 2 aromatic carbocycles. The van der Waals surface area contributed by atoms with Gasteiger partial charge in [0.2, 0.25) is 5.91 Å². The Morgan fingerprint density at radius 1 is 1.13 bits per heavy atom. The highest BCUT2D eigenvalue weighted by Gasteiger charge is 2.25. The van der Waals surface area contributed by atoms with Crippen LogP contribution in [-0.4, -0.2) is 20.4 Å². The molecule has 31 heavy (non-hydrogen) atoms. The molecule has 0 spiro atoms. The van der Waals surface area contributed by atoms with Crippen LogP contribution in [0.3, 0.4) is 0 Å². The van der Waals surface area contributed by atoms with E-state index < -0.39 is 11.9 Å². The van der Waals surface area contributed by atoms with Gasteiger partial charge in [0.15, 0.2) is 5.16 Å². The van der Waals surface area contributed by atoms with Gasteiger partial charge < -0.3 is 9.88 Å². The van der Waals surface area contributed by atoms with E-state index in [9.17, 15) is 13.6 Å². The molecule has 1 unspecified atom stereocenters. The molecule has 8 heteroatoms. The van der Waals surface area contributed by atoms with Crippen molar-refractivity contribution in [2.24, 2.45) is 0 Å².